The lowest BCUT2D eigenvalue weighted by molar-refractivity contribution is -0.123. The third-order valence-corrected chi connectivity index (χ3v) is 3.83. The summed E-state index contributed by atoms with van der Waals surface area (Å²) in [7, 11) is 0. The van der Waals surface area contributed by atoms with Crippen molar-refractivity contribution < 1.29 is 19.4 Å². The van der Waals surface area contributed by atoms with Crippen molar-refractivity contribution in [2.45, 2.75) is 58.1 Å². The van der Waals surface area contributed by atoms with Gasteiger partial charge in [0.1, 0.15) is 12.6 Å². The standard InChI is InChI=1S/C19H30N2O4/c1-2-3-4-5-6-10-13-20-18(23)17(14-22)21-19(24)25-15-16-11-8-7-9-12-16/h7-9,11-12,17,22H,2-6,10,13-15H2,1H3,(H,20,23)(H,21,24)/t17-/m0/s1. The summed E-state index contributed by atoms with van der Waals surface area (Å²) in [5.74, 6) is -0.396. The summed E-state index contributed by atoms with van der Waals surface area (Å²) in [5.41, 5.74) is 0.853. The Morgan fingerprint density at radius 2 is 1.76 bits per heavy atom. The normalized spacial score (nSPS) is 11.6. The van der Waals surface area contributed by atoms with Gasteiger partial charge in [0.15, 0.2) is 0 Å². The van der Waals surface area contributed by atoms with Gasteiger partial charge in [-0.3, -0.25) is 4.79 Å². The Hall–Kier alpha value is -2.08. The molecule has 0 unspecified atom stereocenters. The summed E-state index contributed by atoms with van der Waals surface area (Å²) in [5, 5.41) is 14.4. The molecule has 0 aromatic heterocycles. The molecule has 1 atom stereocenters. The molecule has 1 aromatic carbocycles. The number of aliphatic hydroxyl groups is 1. The van der Waals surface area contributed by atoms with E-state index < -0.39 is 24.6 Å². The molecule has 0 aliphatic rings. The molecule has 1 rings (SSSR count). The quantitative estimate of drug-likeness (QED) is 0.506. The number of amides is 2. The van der Waals surface area contributed by atoms with E-state index in [0.29, 0.717) is 6.54 Å². The van der Waals surface area contributed by atoms with E-state index in [9.17, 15) is 14.7 Å². The molecule has 6 heteroatoms. The number of carbonyl (C=O) groups excluding carboxylic acids is 2. The maximum Gasteiger partial charge on any atom is 0.408 e. The van der Waals surface area contributed by atoms with Crippen molar-refractivity contribution in [1.82, 2.24) is 10.6 Å². The van der Waals surface area contributed by atoms with Gasteiger partial charge in [-0.25, -0.2) is 4.79 Å². The van der Waals surface area contributed by atoms with Crippen LogP contribution in [-0.4, -0.2) is 36.3 Å². The van der Waals surface area contributed by atoms with Crippen molar-refractivity contribution >= 4 is 12.0 Å². The molecule has 0 bridgehead atoms. The Bertz CT molecular complexity index is 493. The van der Waals surface area contributed by atoms with Crippen molar-refractivity contribution in [3.8, 4) is 0 Å². The Labute approximate surface area is 150 Å². The molecule has 0 spiro atoms. The van der Waals surface area contributed by atoms with Crippen LogP contribution in [0.2, 0.25) is 0 Å². The van der Waals surface area contributed by atoms with E-state index in [4.69, 9.17) is 4.74 Å². The lowest BCUT2D eigenvalue weighted by atomic mass is 10.1. The zero-order chi connectivity index (χ0) is 18.3. The molecular formula is C19H30N2O4. The van der Waals surface area contributed by atoms with Crippen molar-refractivity contribution in [1.29, 1.82) is 0 Å². The molecule has 0 fully saturated rings. The number of aliphatic hydroxyl groups excluding tert-OH is 1. The highest BCUT2D eigenvalue weighted by molar-refractivity contribution is 5.85. The van der Waals surface area contributed by atoms with Gasteiger partial charge in [-0.05, 0) is 12.0 Å². The first-order chi connectivity index (χ1) is 12.2. The highest BCUT2D eigenvalue weighted by Crippen LogP contribution is 2.04. The molecule has 25 heavy (non-hydrogen) atoms. The number of rotatable bonds is 12. The lowest BCUT2D eigenvalue weighted by Crippen LogP contribution is -2.49. The summed E-state index contributed by atoms with van der Waals surface area (Å²) in [6.45, 7) is 2.36. The van der Waals surface area contributed by atoms with Gasteiger partial charge >= 0.3 is 6.09 Å². The van der Waals surface area contributed by atoms with E-state index in [1.165, 1.54) is 19.3 Å². The number of alkyl carbamates (subject to hydrolysis) is 1. The van der Waals surface area contributed by atoms with Crippen LogP contribution in [0.15, 0.2) is 30.3 Å². The number of hydrogen-bond donors (Lipinski definition) is 3. The smallest absolute Gasteiger partial charge is 0.408 e. The monoisotopic (exact) mass is 350 g/mol. The summed E-state index contributed by atoms with van der Waals surface area (Å²) < 4.78 is 5.05. The number of ether oxygens (including phenoxy) is 1. The number of nitrogens with one attached hydrogen (secondary N) is 2. The van der Waals surface area contributed by atoms with Crippen molar-refractivity contribution in [2.75, 3.05) is 13.2 Å². The molecule has 140 valence electrons. The van der Waals surface area contributed by atoms with Crippen LogP contribution in [0.4, 0.5) is 4.79 Å². The van der Waals surface area contributed by atoms with Crippen molar-refractivity contribution in [3.05, 3.63) is 35.9 Å². The van der Waals surface area contributed by atoms with E-state index in [-0.39, 0.29) is 6.61 Å². The second-order valence-electron chi connectivity index (χ2n) is 6.00. The molecule has 3 N–H and O–H groups in total. The predicted octanol–water partition coefficient (Wildman–Crippen LogP) is 2.75. The average Bonchev–Trinajstić information content (AvgIpc) is 2.64. The fraction of sp³-hybridized carbons (Fsp3) is 0.579. The van der Waals surface area contributed by atoms with Gasteiger partial charge in [0.05, 0.1) is 6.61 Å². The number of carbonyl (C=O) groups is 2. The highest BCUT2D eigenvalue weighted by Gasteiger charge is 2.20. The van der Waals surface area contributed by atoms with Crippen LogP contribution < -0.4 is 10.6 Å². The van der Waals surface area contributed by atoms with Crippen molar-refractivity contribution in [2.24, 2.45) is 0 Å². The first-order valence-electron chi connectivity index (χ1n) is 9.03. The summed E-state index contributed by atoms with van der Waals surface area (Å²) in [6.07, 6.45) is 6.07. The van der Waals surface area contributed by atoms with Crippen LogP contribution in [0, 0.1) is 0 Å². The first kappa shape index (κ1) is 21.0. The topological polar surface area (TPSA) is 87.7 Å². The van der Waals surface area contributed by atoms with Crippen LogP contribution in [0.1, 0.15) is 51.0 Å². The van der Waals surface area contributed by atoms with Crippen LogP contribution in [-0.2, 0) is 16.1 Å². The lowest BCUT2D eigenvalue weighted by Gasteiger charge is -2.16. The van der Waals surface area contributed by atoms with Crippen LogP contribution in [0.25, 0.3) is 0 Å². The molecular weight excluding hydrogens is 320 g/mol. The van der Waals surface area contributed by atoms with E-state index in [1.54, 1.807) is 0 Å². The molecule has 0 aliphatic carbocycles. The van der Waals surface area contributed by atoms with E-state index in [0.717, 1.165) is 24.8 Å². The second-order valence-corrected chi connectivity index (χ2v) is 6.00. The minimum absolute atomic E-state index is 0.115. The van der Waals surface area contributed by atoms with Gasteiger partial charge in [0, 0.05) is 6.54 Å². The third kappa shape index (κ3) is 9.72. The fourth-order valence-corrected chi connectivity index (χ4v) is 2.34. The fourth-order valence-electron chi connectivity index (χ4n) is 2.34. The van der Waals surface area contributed by atoms with Crippen LogP contribution in [0.3, 0.4) is 0 Å². The van der Waals surface area contributed by atoms with Gasteiger partial charge in [-0.15, -0.1) is 0 Å². The third-order valence-electron chi connectivity index (χ3n) is 3.83. The van der Waals surface area contributed by atoms with Crippen molar-refractivity contribution in [3.63, 3.8) is 0 Å². The van der Waals surface area contributed by atoms with Gasteiger partial charge in [0.2, 0.25) is 5.91 Å². The van der Waals surface area contributed by atoms with Crippen LogP contribution in [0.5, 0.6) is 0 Å². The van der Waals surface area contributed by atoms with E-state index >= 15 is 0 Å². The largest absolute Gasteiger partial charge is 0.445 e. The highest BCUT2D eigenvalue weighted by atomic mass is 16.5. The molecule has 0 radical (unpaired) electrons. The first-order valence-corrected chi connectivity index (χ1v) is 9.03. The molecule has 0 aliphatic heterocycles. The number of unbranched alkanes of at least 4 members (excludes halogenated alkanes) is 5. The number of benzene rings is 1. The zero-order valence-electron chi connectivity index (χ0n) is 15.0. The molecule has 0 saturated carbocycles. The molecule has 6 nitrogen and oxygen atoms in total. The van der Waals surface area contributed by atoms with E-state index in [1.807, 2.05) is 30.3 Å². The van der Waals surface area contributed by atoms with Gasteiger partial charge < -0.3 is 20.5 Å². The Kier molecular flexibility index (Phi) is 11.1. The summed E-state index contributed by atoms with van der Waals surface area (Å²) >= 11 is 0. The Morgan fingerprint density at radius 1 is 1.08 bits per heavy atom. The molecule has 0 saturated heterocycles. The molecule has 1 aromatic rings. The second kappa shape index (κ2) is 13.2. The Morgan fingerprint density at radius 3 is 2.44 bits per heavy atom. The maximum absolute atomic E-state index is 12.0. The summed E-state index contributed by atoms with van der Waals surface area (Å²) in [6, 6.07) is 8.25. The van der Waals surface area contributed by atoms with Crippen LogP contribution >= 0.6 is 0 Å². The average molecular weight is 350 g/mol. The van der Waals surface area contributed by atoms with Gasteiger partial charge in [0.25, 0.3) is 0 Å². The van der Waals surface area contributed by atoms with Gasteiger partial charge in [-0.2, -0.15) is 0 Å². The predicted molar refractivity (Wildman–Crippen MR) is 97.0 cm³/mol. The summed E-state index contributed by atoms with van der Waals surface area (Å²) in [4.78, 5) is 23.7. The van der Waals surface area contributed by atoms with Gasteiger partial charge in [-0.1, -0.05) is 69.4 Å². The number of hydrogen-bond acceptors (Lipinski definition) is 4. The minimum atomic E-state index is -0.997. The van der Waals surface area contributed by atoms with E-state index in [2.05, 4.69) is 17.6 Å². The maximum atomic E-state index is 12.0. The minimum Gasteiger partial charge on any atom is -0.445 e. The SMILES string of the molecule is CCCCCCCCNC(=O)[C@H](CO)NC(=O)OCc1ccccc1. The molecule has 2 amide bonds. The molecule has 0 heterocycles. The zero-order valence-corrected chi connectivity index (χ0v) is 15.0. The Balaban J connectivity index is 2.20.